The Hall–Kier alpha value is -1.91. The van der Waals surface area contributed by atoms with Gasteiger partial charge in [0.2, 0.25) is 13.2 Å². The molecule has 16 heavy (non-hydrogen) atoms. The topological polar surface area (TPSA) is 56.8 Å². The van der Waals surface area contributed by atoms with Crippen LogP contribution in [-0.4, -0.2) is 25.9 Å². The number of hydrogen-bond acceptors (Lipinski definition) is 4. The van der Waals surface area contributed by atoms with Crippen LogP contribution in [0.4, 0.5) is 0 Å². The van der Waals surface area contributed by atoms with Crippen LogP contribution >= 0.6 is 0 Å². The minimum absolute atomic E-state index is 0.0251. The van der Waals surface area contributed by atoms with Gasteiger partial charge in [0.1, 0.15) is 12.4 Å². The summed E-state index contributed by atoms with van der Waals surface area (Å²) in [4.78, 5) is 10.2. The van der Waals surface area contributed by atoms with Crippen LogP contribution in [0.1, 0.15) is 6.92 Å². The molecule has 0 fully saturated rings. The van der Waals surface area contributed by atoms with Gasteiger partial charge in [-0.15, -0.1) is 0 Å². The lowest BCUT2D eigenvalue weighted by Gasteiger charge is -2.12. The molecule has 5 heteroatoms. The second-order valence-electron chi connectivity index (χ2n) is 3.51. The fraction of sp³-hybridized carbons (Fsp3) is 0.364. The van der Waals surface area contributed by atoms with Crippen molar-refractivity contribution in [1.82, 2.24) is 5.32 Å². The van der Waals surface area contributed by atoms with E-state index in [1.807, 2.05) is 6.92 Å². The zero-order valence-corrected chi connectivity index (χ0v) is 8.93. The zero-order chi connectivity index (χ0) is 11.4. The van der Waals surface area contributed by atoms with Crippen LogP contribution in [0.25, 0.3) is 0 Å². The Morgan fingerprint density at radius 3 is 3.12 bits per heavy atom. The minimum atomic E-state index is -0.0251. The molecule has 5 nitrogen and oxygen atoms in total. The van der Waals surface area contributed by atoms with Crippen LogP contribution in [0, 0.1) is 0 Å². The molecule has 1 unspecified atom stereocenters. The molecule has 0 spiro atoms. The summed E-state index contributed by atoms with van der Waals surface area (Å²) >= 11 is 0. The highest BCUT2D eigenvalue weighted by Gasteiger charge is 2.13. The highest BCUT2D eigenvalue weighted by atomic mass is 16.7. The maximum atomic E-state index is 10.2. The van der Waals surface area contributed by atoms with Gasteiger partial charge in [0.25, 0.3) is 0 Å². The standard InChI is InChI=1S/C11H13NO4/c1-8(12-6-13)5-14-9-2-3-10-11(4-9)16-7-15-10/h2-4,6,8H,5,7H2,1H3,(H,12,13). The van der Waals surface area contributed by atoms with Gasteiger partial charge < -0.3 is 19.5 Å². The molecular weight excluding hydrogens is 210 g/mol. The number of fused-ring (bicyclic) bond motifs is 1. The van der Waals surface area contributed by atoms with Crippen LogP contribution in [0.5, 0.6) is 17.2 Å². The predicted octanol–water partition coefficient (Wildman–Crippen LogP) is 0.929. The number of ether oxygens (including phenoxy) is 3. The van der Waals surface area contributed by atoms with E-state index in [0.29, 0.717) is 24.5 Å². The highest BCUT2D eigenvalue weighted by Crippen LogP contribution is 2.34. The molecule has 0 aliphatic carbocycles. The molecule has 1 heterocycles. The molecule has 0 bridgehead atoms. The molecule has 86 valence electrons. The fourth-order valence-electron chi connectivity index (χ4n) is 1.35. The van der Waals surface area contributed by atoms with E-state index < -0.39 is 0 Å². The molecule has 1 aromatic carbocycles. The number of carbonyl (C=O) groups excluding carboxylic acids is 1. The number of carbonyl (C=O) groups is 1. The van der Waals surface area contributed by atoms with Gasteiger partial charge in [0.05, 0.1) is 6.04 Å². The predicted molar refractivity (Wildman–Crippen MR) is 56.7 cm³/mol. The number of benzene rings is 1. The summed E-state index contributed by atoms with van der Waals surface area (Å²) in [5.41, 5.74) is 0. The van der Waals surface area contributed by atoms with E-state index in [4.69, 9.17) is 14.2 Å². The summed E-state index contributed by atoms with van der Waals surface area (Å²) < 4.78 is 15.9. The smallest absolute Gasteiger partial charge is 0.231 e. The van der Waals surface area contributed by atoms with Gasteiger partial charge in [0, 0.05) is 6.07 Å². The largest absolute Gasteiger partial charge is 0.491 e. The first-order valence-electron chi connectivity index (χ1n) is 5.02. The van der Waals surface area contributed by atoms with E-state index in [1.54, 1.807) is 18.2 Å². The second-order valence-corrected chi connectivity index (χ2v) is 3.51. The van der Waals surface area contributed by atoms with Gasteiger partial charge in [-0.1, -0.05) is 0 Å². The third-order valence-electron chi connectivity index (χ3n) is 2.20. The first-order chi connectivity index (χ1) is 7.79. The first kappa shape index (κ1) is 10.6. The quantitative estimate of drug-likeness (QED) is 0.754. The van der Waals surface area contributed by atoms with Crippen LogP contribution in [0.15, 0.2) is 18.2 Å². The lowest BCUT2D eigenvalue weighted by atomic mass is 10.3. The van der Waals surface area contributed by atoms with Crippen molar-refractivity contribution in [2.75, 3.05) is 13.4 Å². The van der Waals surface area contributed by atoms with E-state index in [0.717, 1.165) is 5.75 Å². The van der Waals surface area contributed by atoms with Crippen molar-refractivity contribution < 1.29 is 19.0 Å². The lowest BCUT2D eigenvalue weighted by Crippen LogP contribution is -2.30. The maximum absolute atomic E-state index is 10.2. The second kappa shape index (κ2) is 4.74. The number of amides is 1. The van der Waals surface area contributed by atoms with Crippen molar-refractivity contribution in [3.63, 3.8) is 0 Å². The molecule has 1 aliphatic heterocycles. The zero-order valence-electron chi connectivity index (χ0n) is 8.93. The monoisotopic (exact) mass is 223 g/mol. The van der Waals surface area contributed by atoms with E-state index in [9.17, 15) is 4.79 Å². The lowest BCUT2D eigenvalue weighted by molar-refractivity contribution is -0.110. The summed E-state index contributed by atoms with van der Waals surface area (Å²) in [5.74, 6) is 2.11. The Balaban J connectivity index is 1.92. The molecule has 0 saturated carbocycles. The summed E-state index contributed by atoms with van der Waals surface area (Å²) in [6.07, 6.45) is 0.660. The van der Waals surface area contributed by atoms with Gasteiger partial charge in [-0.05, 0) is 19.1 Å². The van der Waals surface area contributed by atoms with Crippen LogP contribution < -0.4 is 19.5 Å². The van der Waals surface area contributed by atoms with Crippen LogP contribution in [-0.2, 0) is 4.79 Å². The van der Waals surface area contributed by atoms with Crippen molar-refractivity contribution in [1.29, 1.82) is 0 Å². The third kappa shape index (κ3) is 2.36. The molecule has 0 aromatic heterocycles. The van der Waals surface area contributed by atoms with Crippen LogP contribution in [0.2, 0.25) is 0 Å². The SMILES string of the molecule is CC(COc1ccc2c(c1)OCO2)NC=O. The Morgan fingerprint density at radius 2 is 2.31 bits per heavy atom. The Labute approximate surface area is 93.3 Å². The van der Waals surface area contributed by atoms with Gasteiger partial charge in [-0.25, -0.2) is 0 Å². The van der Waals surface area contributed by atoms with Crippen LogP contribution in [0.3, 0.4) is 0 Å². The van der Waals surface area contributed by atoms with Gasteiger partial charge in [-0.3, -0.25) is 4.79 Å². The summed E-state index contributed by atoms with van der Waals surface area (Å²) in [6, 6.07) is 5.36. The molecule has 1 amide bonds. The summed E-state index contributed by atoms with van der Waals surface area (Å²) in [5, 5.41) is 2.61. The minimum Gasteiger partial charge on any atom is -0.491 e. The average Bonchev–Trinajstić information content (AvgIpc) is 2.74. The average molecular weight is 223 g/mol. The number of hydrogen-bond donors (Lipinski definition) is 1. The van der Waals surface area contributed by atoms with Crippen molar-refractivity contribution in [3.8, 4) is 17.2 Å². The first-order valence-corrected chi connectivity index (χ1v) is 5.02. The molecule has 1 atom stereocenters. The molecule has 0 saturated heterocycles. The fourth-order valence-corrected chi connectivity index (χ4v) is 1.35. The molecule has 1 N–H and O–H groups in total. The van der Waals surface area contributed by atoms with Crippen molar-refractivity contribution >= 4 is 6.41 Å². The third-order valence-corrected chi connectivity index (χ3v) is 2.20. The van der Waals surface area contributed by atoms with Crippen molar-refractivity contribution in [2.24, 2.45) is 0 Å². The Kier molecular flexibility index (Phi) is 3.14. The van der Waals surface area contributed by atoms with Crippen molar-refractivity contribution in [3.05, 3.63) is 18.2 Å². The van der Waals surface area contributed by atoms with Gasteiger partial charge in [-0.2, -0.15) is 0 Å². The van der Waals surface area contributed by atoms with Gasteiger partial charge in [0.15, 0.2) is 11.5 Å². The van der Waals surface area contributed by atoms with Crippen molar-refractivity contribution in [2.45, 2.75) is 13.0 Å². The van der Waals surface area contributed by atoms with Gasteiger partial charge >= 0.3 is 0 Å². The molecular formula is C11H13NO4. The molecule has 2 rings (SSSR count). The number of nitrogens with one attached hydrogen (secondary N) is 1. The molecule has 0 radical (unpaired) electrons. The number of rotatable bonds is 5. The summed E-state index contributed by atoms with van der Waals surface area (Å²) in [6.45, 7) is 2.53. The van der Waals surface area contributed by atoms with E-state index in [2.05, 4.69) is 5.32 Å². The Bertz CT molecular complexity index is 380. The Morgan fingerprint density at radius 1 is 1.50 bits per heavy atom. The highest BCUT2D eigenvalue weighted by molar-refractivity contribution is 5.47. The summed E-state index contributed by atoms with van der Waals surface area (Å²) in [7, 11) is 0. The molecule has 1 aromatic rings. The van der Waals surface area contributed by atoms with E-state index in [1.165, 1.54) is 0 Å². The molecule has 1 aliphatic rings. The van der Waals surface area contributed by atoms with E-state index in [-0.39, 0.29) is 12.8 Å². The maximum Gasteiger partial charge on any atom is 0.231 e. The normalized spacial score (nSPS) is 14.3. The van der Waals surface area contributed by atoms with E-state index >= 15 is 0 Å².